The summed E-state index contributed by atoms with van der Waals surface area (Å²) in [6, 6.07) is 15.5. The number of benzene rings is 3. The summed E-state index contributed by atoms with van der Waals surface area (Å²) in [4.78, 5) is 24.8. The Bertz CT molecular complexity index is 1470. The minimum atomic E-state index is -4.13. The van der Waals surface area contributed by atoms with E-state index in [0.717, 1.165) is 24.3 Å². The molecule has 3 aromatic carbocycles. The second-order valence-electron chi connectivity index (χ2n) is 7.02. The monoisotopic (exact) mass is 439 g/mol. The van der Waals surface area contributed by atoms with E-state index >= 15 is 0 Å². The molecule has 4 aromatic rings. The number of imidazole rings is 1. The summed E-state index contributed by atoms with van der Waals surface area (Å²) >= 11 is 0. The van der Waals surface area contributed by atoms with Crippen LogP contribution in [0.3, 0.4) is 0 Å². The van der Waals surface area contributed by atoms with E-state index in [-0.39, 0.29) is 21.2 Å². The molecule has 1 aromatic heterocycles. The molecule has 0 aliphatic rings. The Hall–Kier alpha value is -3.72. The summed E-state index contributed by atoms with van der Waals surface area (Å²) in [7, 11) is -1.05. The zero-order chi connectivity index (χ0) is 22.3. The summed E-state index contributed by atoms with van der Waals surface area (Å²) in [6.07, 6.45) is 0. The number of rotatable bonds is 4. The van der Waals surface area contributed by atoms with Crippen LogP contribution < -0.4 is 11.0 Å². The second kappa shape index (κ2) is 7.51. The van der Waals surface area contributed by atoms with E-state index in [2.05, 4.69) is 5.32 Å². The highest BCUT2D eigenvalue weighted by molar-refractivity contribution is 7.91. The van der Waals surface area contributed by atoms with Gasteiger partial charge < -0.3 is 5.32 Å². The number of hydrogen-bond donors (Lipinski definition) is 1. The molecule has 0 aliphatic carbocycles. The number of nitrogens with zero attached hydrogens (tertiary/aromatic N) is 2. The molecule has 0 saturated carbocycles. The Kier molecular flexibility index (Phi) is 4.98. The number of sulfone groups is 1. The zero-order valence-corrected chi connectivity index (χ0v) is 17.5. The average Bonchev–Trinajstić information content (AvgIpc) is 2.97. The highest BCUT2D eigenvalue weighted by atomic mass is 32.2. The van der Waals surface area contributed by atoms with Gasteiger partial charge in [-0.05, 0) is 48.5 Å². The lowest BCUT2D eigenvalue weighted by molar-refractivity contribution is 0.102. The minimum Gasteiger partial charge on any atom is -0.321 e. The topological polar surface area (TPSA) is 90.2 Å². The number of hydrogen-bond acceptors (Lipinski definition) is 4. The number of carbonyl (C=O) groups excluding carboxylic acids is 1. The van der Waals surface area contributed by atoms with Gasteiger partial charge in [0.2, 0.25) is 9.84 Å². The van der Waals surface area contributed by atoms with Crippen LogP contribution in [0.4, 0.5) is 10.1 Å². The summed E-state index contributed by atoms with van der Waals surface area (Å²) in [6.45, 7) is 0. The summed E-state index contributed by atoms with van der Waals surface area (Å²) in [5.74, 6) is -1.08. The quantitative estimate of drug-likeness (QED) is 0.495. The number of aryl methyl sites for hydroxylation is 2. The summed E-state index contributed by atoms with van der Waals surface area (Å²) in [5, 5.41) is 2.65. The predicted molar refractivity (Wildman–Crippen MR) is 114 cm³/mol. The lowest BCUT2D eigenvalue weighted by atomic mass is 10.2. The van der Waals surface area contributed by atoms with Crippen LogP contribution in [-0.4, -0.2) is 23.5 Å². The van der Waals surface area contributed by atoms with Crippen molar-refractivity contribution in [2.24, 2.45) is 14.1 Å². The molecular weight excluding hydrogens is 421 g/mol. The Morgan fingerprint density at radius 1 is 0.903 bits per heavy atom. The first kappa shape index (κ1) is 20.5. The molecule has 1 amide bonds. The average molecular weight is 439 g/mol. The van der Waals surface area contributed by atoms with Crippen LogP contribution in [0.2, 0.25) is 0 Å². The number of nitrogens with one attached hydrogen (secondary N) is 1. The van der Waals surface area contributed by atoms with Gasteiger partial charge in [0.1, 0.15) is 5.82 Å². The molecular formula is C22H18FN3O4S. The van der Waals surface area contributed by atoms with Crippen LogP contribution >= 0.6 is 0 Å². The van der Waals surface area contributed by atoms with Crippen molar-refractivity contribution in [3.63, 3.8) is 0 Å². The van der Waals surface area contributed by atoms with E-state index in [9.17, 15) is 22.4 Å². The largest absolute Gasteiger partial charge is 0.328 e. The molecule has 31 heavy (non-hydrogen) atoms. The molecule has 4 rings (SSSR count). The Morgan fingerprint density at radius 3 is 2.10 bits per heavy atom. The molecule has 0 atom stereocenters. The third-order valence-corrected chi connectivity index (χ3v) is 6.88. The molecule has 9 heteroatoms. The van der Waals surface area contributed by atoms with Crippen LogP contribution in [0.15, 0.2) is 81.3 Å². The third-order valence-electron chi connectivity index (χ3n) is 5.07. The standard InChI is InChI=1S/C22H18FN3O4S/c1-25-18-12-17(24-21(27)14-6-4-3-5-7-14)20(13-19(18)26(2)22(25)28)31(29,30)16-10-8-15(23)9-11-16/h3-13H,1-2H3,(H,24,27). The normalized spacial score (nSPS) is 11.6. The fourth-order valence-corrected chi connectivity index (χ4v) is 4.79. The van der Waals surface area contributed by atoms with Crippen LogP contribution in [0, 0.1) is 5.82 Å². The summed E-state index contributed by atoms with van der Waals surface area (Å²) in [5.41, 5.74) is 0.855. The van der Waals surface area contributed by atoms with Gasteiger partial charge in [-0.3, -0.25) is 13.9 Å². The van der Waals surface area contributed by atoms with Gasteiger partial charge in [-0.15, -0.1) is 0 Å². The number of fused-ring (bicyclic) bond motifs is 1. The Balaban J connectivity index is 1.94. The number of amides is 1. The van der Waals surface area contributed by atoms with Crippen molar-refractivity contribution in [3.05, 3.63) is 88.6 Å². The maximum atomic E-state index is 13.4. The molecule has 158 valence electrons. The van der Waals surface area contributed by atoms with Crippen molar-refractivity contribution >= 4 is 32.5 Å². The number of carbonyl (C=O) groups is 1. The van der Waals surface area contributed by atoms with E-state index in [1.54, 1.807) is 37.4 Å². The van der Waals surface area contributed by atoms with E-state index in [4.69, 9.17) is 0 Å². The second-order valence-corrected chi connectivity index (χ2v) is 8.93. The maximum absolute atomic E-state index is 13.4. The molecule has 0 bridgehead atoms. The first-order valence-corrected chi connectivity index (χ1v) is 10.7. The fourth-order valence-electron chi connectivity index (χ4n) is 3.37. The Morgan fingerprint density at radius 2 is 1.48 bits per heavy atom. The molecule has 0 saturated heterocycles. The Labute approximate surface area is 177 Å². The van der Waals surface area contributed by atoms with Crippen molar-refractivity contribution in [1.82, 2.24) is 9.13 Å². The van der Waals surface area contributed by atoms with Crippen LogP contribution in [0.5, 0.6) is 0 Å². The first-order valence-electron chi connectivity index (χ1n) is 9.26. The van der Waals surface area contributed by atoms with Crippen molar-refractivity contribution < 1.29 is 17.6 Å². The highest BCUT2D eigenvalue weighted by Crippen LogP contribution is 2.32. The van der Waals surface area contributed by atoms with Gasteiger partial charge in [0.25, 0.3) is 5.91 Å². The van der Waals surface area contributed by atoms with Crippen molar-refractivity contribution in [1.29, 1.82) is 0 Å². The van der Waals surface area contributed by atoms with E-state index in [0.29, 0.717) is 16.6 Å². The van der Waals surface area contributed by atoms with E-state index in [1.165, 1.54) is 28.3 Å². The van der Waals surface area contributed by atoms with Crippen LogP contribution in [0.25, 0.3) is 11.0 Å². The number of aromatic nitrogens is 2. The predicted octanol–water partition coefficient (Wildman–Crippen LogP) is 3.10. The lowest BCUT2D eigenvalue weighted by Gasteiger charge is -2.13. The zero-order valence-electron chi connectivity index (χ0n) is 16.7. The van der Waals surface area contributed by atoms with Gasteiger partial charge in [0.15, 0.2) is 0 Å². The lowest BCUT2D eigenvalue weighted by Crippen LogP contribution is -2.19. The molecule has 0 unspecified atom stereocenters. The molecule has 1 heterocycles. The SMILES string of the molecule is Cn1c(=O)n(C)c2cc(S(=O)(=O)c3ccc(F)cc3)c(NC(=O)c3ccccc3)cc21. The summed E-state index contributed by atoms with van der Waals surface area (Å²) < 4.78 is 42.7. The van der Waals surface area contributed by atoms with E-state index in [1.807, 2.05) is 0 Å². The maximum Gasteiger partial charge on any atom is 0.328 e. The minimum absolute atomic E-state index is 0.0203. The fraction of sp³-hybridized carbons (Fsp3) is 0.0909. The third kappa shape index (κ3) is 3.53. The van der Waals surface area contributed by atoms with Crippen LogP contribution in [0.1, 0.15) is 10.4 Å². The molecule has 0 radical (unpaired) electrons. The van der Waals surface area contributed by atoms with Gasteiger partial charge in [-0.1, -0.05) is 18.2 Å². The molecule has 0 aliphatic heterocycles. The first-order chi connectivity index (χ1) is 14.7. The molecule has 7 nitrogen and oxygen atoms in total. The van der Waals surface area contributed by atoms with E-state index < -0.39 is 21.6 Å². The van der Waals surface area contributed by atoms with Gasteiger partial charge in [-0.25, -0.2) is 17.6 Å². The van der Waals surface area contributed by atoms with Crippen molar-refractivity contribution in [2.45, 2.75) is 9.79 Å². The van der Waals surface area contributed by atoms with Gasteiger partial charge in [0, 0.05) is 19.7 Å². The van der Waals surface area contributed by atoms with Crippen molar-refractivity contribution in [3.8, 4) is 0 Å². The molecule has 1 N–H and O–H groups in total. The smallest absolute Gasteiger partial charge is 0.321 e. The number of anilines is 1. The number of halogens is 1. The highest BCUT2D eigenvalue weighted by Gasteiger charge is 2.25. The van der Waals surface area contributed by atoms with Gasteiger partial charge in [-0.2, -0.15) is 0 Å². The van der Waals surface area contributed by atoms with Crippen molar-refractivity contribution in [2.75, 3.05) is 5.32 Å². The van der Waals surface area contributed by atoms with Crippen LogP contribution in [-0.2, 0) is 23.9 Å². The molecule has 0 fully saturated rings. The molecule has 0 spiro atoms. The van der Waals surface area contributed by atoms with Gasteiger partial charge in [0.05, 0.1) is 26.5 Å². The van der Waals surface area contributed by atoms with Gasteiger partial charge >= 0.3 is 5.69 Å².